The van der Waals surface area contributed by atoms with Crippen LogP contribution in [-0.4, -0.2) is 26.4 Å². The minimum atomic E-state index is -0.0754. The summed E-state index contributed by atoms with van der Waals surface area (Å²) in [5, 5.41) is 12.1. The van der Waals surface area contributed by atoms with Crippen molar-refractivity contribution in [2.24, 2.45) is 7.05 Å². The fraction of sp³-hybridized carbons (Fsp3) is 0.167. The molecule has 0 aliphatic rings. The lowest BCUT2D eigenvalue weighted by Crippen LogP contribution is -2.15. The number of nitrogens with one attached hydrogen (secondary N) is 1. The Morgan fingerprint density at radius 3 is 2.50 bits per heavy atom. The minimum absolute atomic E-state index is 0.0754. The van der Waals surface area contributed by atoms with Crippen LogP contribution in [0.5, 0.6) is 0 Å². The highest BCUT2D eigenvalue weighted by Gasteiger charge is 2.13. The van der Waals surface area contributed by atoms with Gasteiger partial charge in [0, 0.05) is 27.2 Å². The number of aromatic nitrogens is 3. The molecule has 8 heteroatoms. The van der Waals surface area contributed by atoms with Crippen LogP contribution < -0.4 is 5.32 Å². The third kappa shape index (κ3) is 4.55. The van der Waals surface area contributed by atoms with E-state index in [1.165, 1.54) is 11.8 Å². The van der Waals surface area contributed by atoms with Crippen molar-refractivity contribution in [3.05, 3.63) is 57.0 Å². The van der Waals surface area contributed by atoms with Crippen molar-refractivity contribution in [1.29, 1.82) is 0 Å². The van der Waals surface area contributed by atoms with Gasteiger partial charge in [0.15, 0.2) is 11.0 Å². The van der Waals surface area contributed by atoms with Crippen LogP contribution in [0.3, 0.4) is 0 Å². The van der Waals surface area contributed by atoms with Crippen LogP contribution in [0.2, 0.25) is 0 Å². The van der Waals surface area contributed by atoms with E-state index >= 15 is 0 Å². The molecule has 0 atom stereocenters. The number of anilines is 1. The number of hydrogen-bond acceptors (Lipinski definition) is 4. The normalized spacial score (nSPS) is 10.8. The van der Waals surface area contributed by atoms with Crippen molar-refractivity contribution in [2.75, 3.05) is 11.1 Å². The molecule has 1 amide bonds. The fourth-order valence-electron chi connectivity index (χ4n) is 2.37. The number of aryl methyl sites for hydroxylation is 1. The van der Waals surface area contributed by atoms with Gasteiger partial charge in [-0.05, 0) is 42.8 Å². The molecule has 26 heavy (non-hydrogen) atoms. The zero-order valence-corrected chi connectivity index (χ0v) is 18.2. The summed E-state index contributed by atoms with van der Waals surface area (Å²) in [7, 11) is 1.90. The Kier molecular flexibility index (Phi) is 6.16. The molecule has 3 aromatic rings. The van der Waals surface area contributed by atoms with Crippen molar-refractivity contribution in [1.82, 2.24) is 14.8 Å². The molecule has 1 aromatic heterocycles. The number of carbonyl (C=O) groups is 1. The lowest BCUT2D eigenvalue weighted by molar-refractivity contribution is -0.113. The summed E-state index contributed by atoms with van der Waals surface area (Å²) in [5.74, 6) is 0.958. The topological polar surface area (TPSA) is 59.8 Å². The minimum Gasteiger partial charge on any atom is -0.325 e. The molecule has 0 saturated heterocycles. The standard InChI is InChI=1S/C18H16Br2N4OS/c1-11-9-14(20)7-8-15(11)21-16(25)10-26-18-23-22-17(24(18)2)12-3-5-13(19)6-4-12/h3-9H,10H2,1-2H3,(H,21,25). The van der Waals surface area contributed by atoms with Crippen molar-refractivity contribution >= 4 is 55.2 Å². The molecule has 0 aliphatic heterocycles. The molecular weight excluding hydrogens is 480 g/mol. The SMILES string of the molecule is Cc1cc(Br)ccc1NC(=O)CSc1nnc(-c2ccc(Br)cc2)n1C. The van der Waals surface area contributed by atoms with Crippen LogP contribution in [-0.2, 0) is 11.8 Å². The highest BCUT2D eigenvalue weighted by molar-refractivity contribution is 9.10. The van der Waals surface area contributed by atoms with Crippen LogP contribution in [0, 0.1) is 6.92 Å². The molecule has 2 aromatic carbocycles. The van der Waals surface area contributed by atoms with Crippen molar-refractivity contribution in [2.45, 2.75) is 12.1 Å². The molecule has 0 radical (unpaired) electrons. The third-order valence-corrected chi connectivity index (χ3v) is 5.77. The summed E-state index contributed by atoms with van der Waals surface area (Å²) in [5.41, 5.74) is 2.80. The van der Waals surface area contributed by atoms with Gasteiger partial charge >= 0.3 is 0 Å². The van der Waals surface area contributed by atoms with E-state index in [2.05, 4.69) is 47.4 Å². The Balaban J connectivity index is 1.64. The lowest BCUT2D eigenvalue weighted by Gasteiger charge is -2.08. The van der Waals surface area contributed by atoms with E-state index in [9.17, 15) is 4.79 Å². The van der Waals surface area contributed by atoms with E-state index in [0.29, 0.717) is 5.16 Å². The van der Waals surface area contributed by atoms with Gasteiger partial charge < -0.3 is 9.88 Å². The van der Waals surface area contributed by atoms with E-state index in [0.717, 1.165) is 31.6 Å². The monoisotopic (exact) mass is 494 g/mol. The first-order chi connectivity index (χ1) is 12.4. The van der Waals surface area contributed by atoms with E-state index in [1.807, 2.05) is 61.0 Å². The van der Waals surface area contributed by atoms with Crippen molar-refractivity contribution in [3.63, 3.8) is 0 Å². The Hall–Kier alpha value is -1.64. The first-order valence-corrected chi connectivity index (χ1v) is 10.4. The first-order valence-electron chi connectivity index (χ1n) is 7.78. The Labute approximate surface area is 172 Å². The first kappa shape index (κ1) is 19.1. The predicted molar refractivity (Wildman–Crippen MR) is 112 cm³/mol. The van der Waals surface area contributed by atoms with E-state index in [4.69, 9.17) is 0 Å². The second-order valence-corrected chi connectivity index (χ2v) is 8.44. The zero-order chi connectivity index (χ0) is 18.7. The Morgan fingerprint density at radius 1 is 1.12 bits per heavy atom. The summed E-state index contributed by atoms with van der Waals surface area (Å²) in [6, 6.07) is 13.6. The van der Waals surface area contributed by atoms with Gasteiger partial charge in [0.25, 0.3) is 0 Å². The quantitative estimate of drug-likeness (QED) is 0.503. The van der Waals surface area contributed by atoms with E-state index in [1.54, 1.807) is 0 Å². The number of hydrogen-bond donors (Lipinski definition) is 1. The largest absolute Gasteiger partial charge is 0.325 e. The number of benzene rings is 2. The molecule has 5 nitrogen and oxygen atoms in total. The second-order valence-electron chi connectivity index (χ2n) is 5.67. The molecule has 1 N–H and O–H groups in total. The van der Waals surface area contributed by atoms with E-state index < -0.39 is 0 Å². The van der Waals surface area contributed by atoms with Crippen LogP contribution >= 0.6 is 43.6 Å². The number of carbonyl (C=O) groups excluding carboxylic acids is 1. The molecule has 3 rings (SSSR count). The number of amides is 1. The molecule has 134 valence electrons. The summed E-state index contributed by atoms with van der Waals surface area (Å²) in [6.07, 6.45) is 0. The molecule has 0 bridgehead atoms. The van der Waals surface area contributed by atoms with Gasteiger partial charge in [0.05, 0.1) is 5.75 Å². The van der Waals surface area contributed by atoms with Gasteiger partial charge in [-0.3, -0.25) is 4.79 Å². The third-order valence-electron chi connectivity index (χ3n) is 3.73. The van der Waals surface area contributed by atoms with Gasteiger partial charge in [-0.15, -0.1) is 10.2 Å². The fourth-order valence-corrected chi connectivity index (χ4v) is 3.83. The summed E-state index contributed by atoms with van der Waals surface area (Å²) >= 11 is 8.21. The highest BCUT2D eigenvalue weighted by Crippen LogP contribution is 2.25. The molecule has 1 heterocycles. The molecule has 0 fully saturated rings. The Bertz CT molecular complexity index is 941. The predicted octanol–water partition coefficient (Wildman–Crippen LogP) is 5.05. The second kappa shape index (κ2) is 8.37. The number of thioether (sulfide) groups is 1. The van der Waals surface area contributed by atoms with Crippen molar-refractivity contribution < 1.29 is 4.79 Å². The average Bonchev–Trinajstić information content (AvgIpc) is 2.97. The van der Waals surface area contributed by atoms with Gasteiger partial charge in [-0.1, -0.05) is 55.8 Å². The lowest BCUT2D eigenvalue weighted by atomic mass is 10.2. The van der Waals surface area contributed by atoms with Crippen LogP contribution in [0.4, 0.5) is 5.69 Å². The zero-order valence-electron chi connectivity index (χ0n) is 14.2. The maximum absolute atomic E-state index is 12.2. The maximum atomic E-state index is 12.2. The molecule has 0 unspecified atom stereocenters. The van der Waals surface area contributed by atoms with Gasteiger partial charge in [-0.2, -0.15) is 0 Å². The van der Waals surface area contributed by atoms with Gasteiger partial charge in [0.2, 0.25) is 5.91 Å². The number of nitrogens with zero attached hydrogens (tertiary/aromatic N) is 3. The highest BCUT2D eigenvalue weighted by atomic mass is 79.9. The number of halogens is 2. The molecular formula is C18H16Br2N4OS. The van der Waals surface area contributed by atoms with Crippen LogP contribution in [0.1, 0.15) is 5.56 Å². The number of rotatable bonds is 5. The van der Waals surface area contributed by atoms with E-state index in [-0.39, 0.29) is 11.7 Å². The summed E-state index contributed by atoms with van der Waals surface area (Å²) in [4.78, 5) is 12.2. The van der Waals surface area contributed by atoms with Gasteiger partial charge in [0.1, 0.15) is 0 Å². The van der Waals surface area contributed by atoms with Crippen LogP contribution in [0.25, 0.3) is 11.4 Å². The Morgan fingerprint density at radius 2 is 1.81 bits per heavy atom. The van der Waals surface area contributed by atoms with Crippen molar-refractivity contribution in [3.8, 4) is 11.4 Å². The molecule has 0 saturated carbocycles. The summed E-state index contributed by atoms with van der Waals surface area (Å²) in [6.45, 7) is 1.96. The van der Waals surface area contributed by atoms with Gasteiger partial charge in [-0.25, -0.2) is 0 Å². The average molecular weight is 496 g/mol. The molecule has 0 aliphatic carbocycles. The van der Waals surface area contributed by atoms with Crippen LogP contribution in [0.15, 0.2) is 56.6 Å². The maximum Gasteiger partial charge on any atom is 0.234 e. The molecule has 0 spiro atoms. The smallest absolute Gasteiger partial charge is 0.234 e. The summed E-state index contributed by atoms with van der Waals surface area (Å²) < 4.78 is 3.89.